The number of hydrogen-bond acceptors (Lipinski definition) is 10. The number of benzene rings is 1. The van der Waals surface area contributed by atoms with E-state index >= 15 is 0 Å². The van der Waals surface area contributed by atoms with Crippen LogP contribution < -0.4 is 20.7 Å². The van der Waals surface area contributed by atoms with Crippen molar-refractivity contribution in [2.75, 3.05) is 55.8 Å². The van der Waals surface area contributed by atoms with Gasteiger partial charge in [0.25, 0.3) is 5.91 Å². The molecule has 13 heteroatoms. The normalized spacial score (nSPS) is 19.4. The molecule has 0 saturated carbocycles. The Morgan fingerprint density at radius 1 is 1.20 bits per heavy atom. The maximum atomic E-state index is 13.6. The Kier molecular flexibility index (Phi) is 7.79. The second kappa shape index (κ2) is 11.6. The van der Waals surface area contributed by atoms with Gasteiger partial charge >= 0.3 is 12.1 Å². The van der Waals surface area contributed by atoms with Crippen LogP contribution in [0.5, 0.6) is 6.01 Å². The van der Waals surface area contributed by atoms with Crippen LogP contribution in [0.1, 0.15) is 29.8 Å². The molecule has 2 saturated heterocycles. The number of aromatic nitrogens is 3. The summed E-state index contributed by atoms with van der Waals surface area (Å²) in [5, 5.41) is 22.5. The van der Waals surface area contributed by atoms with Crippen molar-refractivity contribution in [2.24, 2.45) is 0 Å². The van der Waals surface area contributed by atoms with E-state index in [1.807, 2.05) is 19.2 Å². The van der Waals surface area contributed by atoms with Gasteiger partial charge in [0.1, 0.15) is 12.3 Å². The van der Waals surface area contributed by atoms with Crippen LogP contribution in [-0.4, -0.2) is 93.8 Å². The smallest absolute Gasteiger partial charge is 0.407 e. The molecule has 2 fully saturated rings. The Morgan fingerprint density at radius 2 is 2.05 bits per heavy atom. The molecule has 5 rings (SSSR count). The van der Waals surface area contributed by atoms with Crippen molar-refractivity contribution in [1.82, 2.24) is 24.8 Å². The summed E-state index contributed by atoms with van der Waals surface area (Å²) in [6, 6.07) is 10.7. The highest BCUT2D eigenvalue weighted by molar-refractivity contribution is 6.11. The van der Waals surface area contributed by atoms with E-state index in [2.05, 4.69) is 31.2 Å². The Morgan fingerprint density at radius 3 is 2.80 bits per heavy atom. The number of amides is 2. The van der Waals surface area contributed by atoms with Crippen LogP contribution in [0.15, 0.2) is 36.5 Å². The summed E-state index contributed by atoms with van der Waals surface area (Å²) < 4.78 is 6.00. The van der Waals surface area contributed by atoms with Crippen LogP contribution in [0.25, 0.3) is 10.9 Å². The number of nitrogen functional groups attached to an aromatic ring is 1. The Balaban J connectivity index is 1.47. The fraction of sp³-hybridized carbons (Fsp3) is 0.407. The largest absolute Gasteiger partial charge is 0.465 e. The molecule has 40 heavy (non-hydrogen) atoms. The zero-order chi connectivity index (χ0) is 28.2. The van der Waals surface area contributed by atoms with Crippen molar-refractivity contribution in [3.63, 3.8) is 0 Å². The van der Waals surface area contributed by atoms with Crippen molar-refractivity contribution >= 4 is 40.1 Å². The number of fused-ring (bicyclic) bond motifs is 1. The average Bonchev–Trinajstić information content (AvgIpc) is 3.37. The van der Waals surface area contributed by atoms with Gasteiger partial charge in [-0.15, -0.1) is 0 Å². The first-order valence-electron chi connectivity index (χ1n) is 13.1. The number of carbonyl (C=O) groups excluding carboxylic acids is 1. The third kappa shape index (κ3) is 5.52. The molecule has 2 aliphatic heterocycles. The third-order valence-electron chi connectivity index (χ3n) is 7.45. The number of piperazine rings is 1. The van der Waals surface area contributed by atoms with Crippen molar-refractivity contribution in [3.8, 4) is 12.1 Å². The molecule has 2 atom stereocenters. The number of nitrogens with zero attached hydrogens (tertiary/aromatic N) is 7. The van der Waals surface area contributed by atoms with Crippen LogP contribution in [0.2, 0.25) is 0 Å². The monoisotopic (exact) mass is 545 g/mol. The minimum Gasteiger partial charge on any atom is -0.465 e. The second-order valence-corrected chi connectivity index (χ2v) is 9.95. The van der Waals surface area contributed by atoms with E-state index in [-0.39, 0.29) is 55.3 Å². The highest BCUT2D eigenvalue weighted by Gasteiger charge is 2.33. The van der Waals surface area contributed by atoms with Crippen molar-refractivity contribution in [3.05, 3.63) is 42.2 Å². The fourth-order valence-electron chi connectivity index (χ4n) is 5.25. The molecule has 4 heterocycles. The number of likely N-dealkylation sites (N-methyl/N-ethyl adjacent to an activating group) is 1. The minimum absolute atomic E-state index is 0.00623. The van der Waals surface area contributed by atoms with Gasteiger partial charge in [0.15, 0.2) is 11.5 Å². The van der Waals surface area contributed by atoms with E-state index in [4.69, 9.17) is 10.5 Å². The minimum atomic E-state index is -1.09. The van der Waals surface area contributed by atoms with E-state index < -0.39 is 18.0 Å². The molecule has 2 aliphatic rings. The lowest BCUT2D eigenvalue weighted by Crippen LogP contribution is -2.55. The van der Waals surface area contributed by atoms with Gasteiger partial charge in [0, 0.05) is 37.3 Å². The molecule has 4 N–H and O–H groups in total. The lowest BCUT2D eigenvalue weighted by molar-refractivity contribution is 0.102. The summed E-state index contributed by atoms with van der Waals surface area (Å²) in [5.41, 5.74) is 7.76. The van der Waals surface area contributed by atoms with Gasteiger partial charge in [0.2, 0.25) is 0 Å². The molecule has 1 unspecified atom stereocenters. The van der Waals surface area contributed by atoms with E-state index in [9.17, 15) is 20.0 Å². The van der Waals surface area contributed by atoms with Crippen LogP contribution in [-0.2, 0) is 0 Å². The van der Waals surface area contributed by atoms with E-state index in [0.29, 0.717) is 12.3 Å². The van der Waals surface area contributed by atoms with Crippen molar-refractivity contribution in [1.29, 1.82) is 5.26 Å². The molecule has 0 bridgehead atoms. The predicted octanol–water partition coefficient (Wildman–Crippen LogP) is 2.41. The number of hydrogen-bond donors (Lipinski definition) is 3. The summed E-state index contributed by atoms with van der Waals surface area (Å²) in [6.07, 6.45) is 2.64. The molecule has 2 aromatic heterocycles. The van der Waals surface area contributed by atoms with Crippen molar-refractivity contribution in [2.45, 2.75) is 31.3 Å². The summed E-state index contributed by atoms with van der Waals surface area (Å²) in [5.74, 6) is -0.277. The van der Waals surface area contributed by atoms with Crippen LogP contribution in [0.4, 0.5) is 22.0 Å². The Bertz CT molecular complexity index is 1450. The van der Waals surface area contributed by atoms with Gasteiger partial charge in [-0.25, -0.2) is 4.79 Å². The van der Waals surface area contributed by atoms with Gasteiger partial charge < -0.3 is 35.6 Å². The summed E-state index contributed by atoms with van der Waals surface area (Å²) >= 11 is 0. The van der Waals surface area contributed by atoms with E-state index in [0.717, 1.165) is 30.3 Å². The first-order chi connectivity index (χ1) is 19.4. The van der Waals surface area contributed by atoms with Gasteiger partial charge in [-0.05, 0) is 50.7 Å². The van der Waals surface area contributed by atoms with Crippen LogP contribution in [0.3, 0.4) is 0 Å². The SMILES string of the molecule is CN1CCC[C@H]1COc1nc(C(=O)Nc2cccc3ncccc23)c(N)c(N2CCN(C(=O)O)C(CC#N)C2)n1. The van der Waals surface area contributed by atoms with E-state index in [1.165, 1.54) is 4.90 Å². The Hall–Kier alpha value is -4.70. The number of rotatable bonds is 7. The number of carboxylic acid groups (broad SMARTS) is 1. The van der Waals surface area contributed by atoms with Gasteiger partial charge in [-0.3, -0.25) is 9.78 Å². The van der Waals surface area contributed by atoms with Crippen LogP contribution in [0, 0.1) is 11.3 Å². The van der Waals surface area contributed by atoms with Gasteiger partial charge in [0.05, 0.1) is 29.7 Å². The molecule has 0 radical (unpaired) electrons. The van der Waals surface area contributed by atoms with Crippen LogP contribution >= 0.6 is 0 Å². The number of carbonyl (C=O) groups is 2. The summed E-state index contributed by atoms with van der Waals surface area (Å²) in [6.45, 7) is 1.93. The molecule has 13 nitrogen and oxygen atoms in total. The highest BCUT2D eigenvalue weighted by Crippen LogP contribution is 2.30. The topological polar surface area (TPSA) is 174 Å². The Labute approximate surface area is 231 Å². The maximum absolute atomic E-state index is 13.6. The number of nitrogens with one attached hydrogen (secondary N) is 1. The summed E-state index contributed by atoms with van der Waals surface area (Å²) in [4.78, 5) is 43.8. The first kappa shape index (κ1) is 26.9. The quantitative estimate of drug-likeness (QED) is 0.398. The molecule has 208 valence electrons. The molecule has 0 aliphatic carbocycles. The predicted molar refractivity (Wildman–Crippen MR) is 148 cm³/mol. The number of nitrogens with two attached hydrogens (primary N) is 1. The summed E-state index contributed by atoms with van der Waals surface area (Å²) in [7, 11) is 2.03. The van der Waals surface area contributed by atoms with E-state index in [1.54, 1.807) is 29.3 Å². The molecule has 2 amide bonds. The molecule has 1 aromatic carbocycles. The molecule has 3 aromatic rings. The van der Waals surface area contributed by atoms with Gasteiger partial charge in [-0.1, -0.05) is 6.07 Å². The number of nitriles is 1. The number of pyridine rings is 1. The van der Waals surface area contributed by atoms with Gasteiger partial charge in [-0.2, -0.15) is 15.2 Å². The lowest BCUT2D eigenvalue weighted by atomic mass is 10.1. The second-order valence-electron chi connectivity index (χ2n) is 9.95. The highest BCUT2D eigenvalue weighted by atomic mass is 16.5. The molecular weight excluding hydrogens is 514 g/mol. The third-order valence-corrected chi connectivity index (χ3v) is 7.45. The zero-order valence-corrected chi connectivity index (χ0v) is 22.2. The number of likely N-dealkylation sites (tertiary alicyclic amines) is 1. The fourth-order valence-corrected chi connectivity index (χ4v) is 5.25. The molecule has 0 spiro atoms. The number of ether oxygens (including phenoxy) is 1. The number of anilines is 3. The standard InChI is InChI=1S/C27H31N9O4/c1-34-12-4-5-18(34)16-40-26-32-23(25(37)31-21-8-2-7-20-19(21)6-3-11-30-20)22(29)24(33-26)35-13-14-36(27(38)39)17(15-35)9-10-28/h2-3,6-8,11,17-18H,4-5,9,12-16,29H2,1H3,(H,31,37)(H,38,39)/t17?,18-/m0/s1. The average molecular weight is 546 g/mol. The van der Waals surface area contributed by atoms with Crippen molar-refractivity contribution < 1.29 is 19.4 Å². The lowest BCUT2D eigenvalue weighted by Gasteiger charge is -2.40. The molecular formula is C27H31N9O4. The maximum Gasteiger partial charge on any atom is 0.407 e. The first-order valence-corrected chi connectivity index (χ1v) is 13.1. The zero-order valence-electron chi connectivity index (χ0n) is 22.2.